The number of hydrogen-bond donors (Lipinski definition) is 1. The molecule has 3 rings (SSSR count). The van der Waals surface area contributed by atoms with Gasteiger partial charge in [0, 0.05) is 6.54 Å². The molecule has 0 radical (unpaired) electrons. The van der Waals surface area contributed by atoms with Gasteiger partial charge in [0.05, 0.1) is 6.04 Å². The highest BCUT2D eigenvalue weighted by atomic mass is 16.2. The van der Waals surface area contributed by atoms with Crippen LogP contribution in [0.2, 0.25) is 0 Å². The first-order valence-corrected chi connectivity index (χ1v) is 7.28. The molecule has 0 bridgehead atoms. The number of benzene rings is 1. The molecule has 2 fully saturated rings. The fourth-order valence-corrected chi connectivity index (χ4v) is 2.86. The van der Waals surface area contributed by atoms with Gasteiger partial charge < -0.3 is 4.90 Å². The number of rotatable bonds is 4. The molecular weight excluding hydrogens is 236 g/mol. The highest BCUT2D eigenvalue weighted by Crippen LogP contribution is 2.34. The van der Waals surface area contributed by atoms with E-state index in [0.29, 0.717) is 0 Å². The van der Waals surface area contributed by atoms with Crippen molar-refractivity contribution in [3.63, 3.8) is 0 Å². The number of nitrogens with one attached hydrogen (secondary N) is 1. The van der Waals surface area contributed by atoms with Gasteiger partial charge in [0.2, 0.25) is 5.91 Å². The Morgan fingerprint density at radius 1 is 1.37 bits per heavy atom. The van der Waals surface area contributed by atoms with Gasteiger partial charge in [-0.25, -0.2) is 0 Å². The number of amides is 1. The van der Waals surface area contributed by atoms with Crippen LogP contribution in [-0.2, 0) is 4.79 Å². The first-order chi connectivity index (χ1) is 9.15. The predicted molar refractivity (Wildman–Crippen MR) is 75.6 cm³/mol. The van der Waals surface area contributed by atoms with Crippen molar-refractivity contribution < 1.29 is 4.79 Å². The van der Waals surface area contributed by atoms with Crippen molar-refractivity contribution in [1.29, 1.82) is 0 Å². The molecule has 3 nitrogen and oxygen atoms in total. The maximum absolute atomic E-state index is 12.3. The van der Waals surface area contributed by atoms with Gasteiger partial charge in [0.15, 0.2) is 0 Å². The molecular formula is C16H22N2O. The molecule has 2 atom stereocenters. The summed E-state index contributed by atoms with van der Waals surface area (Å²) in [5, 5.41) is 3.42. The summed E-state index contributed by atoms with van der Waals surface area (Å²) >= 11 is 0. The highest BCUT2D eigenvalue weighted by molar-refractivity contribution is 5.84. The van der Waals surface area contributed by atoms with Gasteiger partial charge in [-0.05, 0) is 31.7 Å². The van der Waals surface area contributed by atoms with Crippen LogP contribution in [-0.4, -0.2) is 23.4 Å². The third-order valence-electron chi connectivity index (χ3n) is 4.21. The first-order valence-electron chi connectivity index (χ1n) is 7.28. The van der Waals surface area contributed by atoms with E-state index >= 15 is 0 Å². The molecule has 1 aliphatic heterocycles. The molecule has 1 aromatic rings. The zero-order valence-corrected chi connectivity index (χ0v) is 11.7. The minimum Gasteiger partial charge on any atom is -0.322 e. The molecule has 1 saturated carbocycles. The maximum atomic E-state index is 12.3. The Kier molecular flexibility index (Phi) is 3.31. The molecule has 0 spiro atoms. The van der Waals surface area contributed by atoms with Crippen LogP contribution in [0.4, 0.5) is 0 Å². The lowest BCUT2D eigenvalue weighted by Crippen LogP contribution is -2.31. The van der Waals surface area contributed by atoms with E-state index in [0.717, 1.165) is 18.9 Å². The standard InChI is InChI=1S/C16H22N2O/c1-11-4-3-5-14(10-11)15-17-12(2)16(19)18(15)9-8-13-6-7-13/h3-5,10,12-13,15,17H,6-9H2,1-2H3. The number of hydrogen-bond acceptors (Lipinski definition) is 2. The maximum Gasteiger partial charge on any atom is 0.241 e. The van der Waals surface area contributed by atoms with Gasteiger partial charge in [-0.3, -0.25) is 10.1 Å². The quantitative estimate of drug-likeness (QED) is 0.900. The van der Waals surface area contributed by atoms with E-state index in [2.05, 4.69) is 36.5 Å². The van der Waals surface area contributed by atoms with Crippen LogP contribution in [0, 0.1) is 12.8 Å². The first kappa shape index (κ1) is 12.7. The van der Waals surface area contributed by atoms with Crippen molar-refractivity contribution in [2.45, 2.75) is 45.3 Å². The van der Waals surface area contributed by atoms with Crippen LogP contribution < -0.4 is 5.32 Å². The fraction of sp³-hybridized carbons (Fsp3) is 0.562. The summed E-state index contributed by atoms with van der Waals surface area (Å²) in [5.41, 5.74) is 2.45. The van der Waals surface area contributed by atoms with Crippen LogP contribution in [0.3, 0.4) is 0 Å². The molecule has 1 heterocycles. The molecule has 2 unspecified atom stereocenters. The Hall–Kier alpha value is -1.35. The summed E-state index contributed by atoms with van der Waals surface area (Å²) in [4.78, 5) is 14.3. The minimum absolute atomic E-state index is 0.0566. The molecule has 102 valence electrons. The monoisotopic (exact) mass is 258 g/mol. The average Bonchev–Trinajstić information content (AvgIpc) is 3.16. The van der Waals surface area contributed by atoms with Gasteiger partial charge in [0.1, 0.15) is 6.17 Å². The van der Waals surface area contributed by atoms with Crippen LogP contribution >= 0.6 is 0 Å². The number of aryl methyl sites for hydroxylation is 1. The van der Waals surface area contributed by atoms with E-state index in [1.165, 1.54) is 24.0 Å². The Morgan fingerprint density at radius 2 is 2.16 bits per heavy atom. The van der Waals surface area contributed by atoms with Crippen LogP contribution in [0.5, 0.6) is 0 Å². The minimum atomic E-state index is -0.0651. The summed E-state index contributed by atoms with van der Waals surface area (Å²) in [6.07, 6.45) is 3.91. The Labute approximate surface area is 115 Å². The second-order valence-corrected chi connectivity index (χ2v) is 5.97. The second kappa shape index (κ2) is 4.97. The van der Waals surface area contributed by atoms with Gasteiger partial charge in [0.25, 0.3) is 0 Å². The van der Waals surface area contributed by atoms with Crippen molar-refractivity contribution in [2.75, 3.05) is 6.54 Å². The Morgan fingerprint density at radius 3 is 2.84 bits per heavy atom. The third-order valence-corrected chi connectivity index (χ3v) is 4.21. The van der Waals surface area contributed by atoms with Gasteiger partial charge in [-0.2, -0.15) is 0 Å². The molecule has 1 N–H and O–H groups in total. The van der Waals surface area contributed by atoms with E-state index in [1.807, 2.05) is 11.8 Å². The van der Waals surface area contributed by atoms with Crippen LogP contribution in [0.25, 0.3) is 0 Å². The lowest BCUT2D eigenvalue weighted by Gasteiger charge is -2.25. The zero-order valence-electron chi connectivity index (χ0n) is 11.7. The molecule has 0 aromatic heterocycles. The second-order valence-electron chi connectivity index (χ2n) is 5.97. The molecule has 1 saturated heterocycles. The predicted octanol–water partition coefficient (Wildman–Crippen LogP) is 2.61. The lowest BCUT2D eigenvalue weighted by molar-refractivity contribution is -0.129. The molecule has 1 aromatic carbocycles. The van der Waals surface area contributed by atoms with Crippen molar-refractivity contribution in [3.8, 4) is 0 Å². The SMILES string of the molecule is Cc1cccc(C2NC(C)C(=O)N2CCC2CC2)c1. The summed E-state index contributed by atoms with van der Waals surface area (Å²) < 4.78 is 0. The smallest absolute Gasteiger partial charge is 0.241 e. The molecule has 1 amide bonds. The Balaban J connectivity index is 1.78. The topological polar surface area (TPSA) is 32.3 Å². The van der Waals surface area contributed by atoms with Crippen LogP contribution in [0.15, 0.2) is 24.3 Å². The summed E-state index contributed by atoms with van der Waals surface area (Å²) in [5.74, 6) is 1.11. The van der Waals surface area contributed by atoms with Crippen molar-refractivity contribution in [2.24, 2.45) is 5.92 Å². The summed E-state index contributed by atoms with van der Waals surface area (Å²) in [6.45, 7) is 4.94. The lowest BCUT2D eigenvalue weighted by atomic mass is 10.1. The summed E-state index contributed by atoms with van der Waals surface area (Å²) in [6, 6.07) is 8.38. The van der Waals surface area contributed by atoms with E-state index < -0.39 is 0 Å². The van der Waals surface area contributed by atoms with E-state index in [-0.39, 0.29) is 18.1 Å². The number of carbonyl (C=O) groups excluding carboxylic acids is 1. The Bertz CT molecular complexity index is 481. The van der Waals surface area contributed by atoms with Crippen LogP contribution in [0.1, 0.15) is 43.5 Å². The van der Waals surface area contributed by atoms with Gasteiger partial charge in [-0.15, -0.1) is 0 Å². The van der Waals surface area contributed by atoms with Crippen molar-refractivity contribution >= 4 is 5.91 Å². The zero-order chi connectivity index (χ0) is 13.4. The normalized spacial score (nSPS) is 27.1. The highest BCUT2D eigenvalue weighted by Gasteiger charge is 2.37. The molecule has 2 aliphatic rings. The largest absolute Gasteiger partial charge is 0.322 e. The van der Waals surface area contributed by atoms with Gasteiger partial charge in [-0.1, -0.05) is 42.7 Å². The average molecular weight is 258 g/mol. The molecule has 3 heteroatoms. The molecule has 1 aliphatic carbocycles. The van der Waals surface area contributed by atoms with E-state index in [9.17, 15) is 4.79 Å². The van der Waals surface area contributed by atoms with Gasteiger partial charge >= 0.3 is 0 Å². The van der Waals surface area contributed by atoms with E-state index in [1.54, 1.807) is 0 Å². The molecule has 19 heavy (non-hydrogen) atoms. The fourth-order valence-electron chi connectivity index (χ4n) is 2.86. The third kappa shape index (κ3) is 2.66. The summed E-state index contributed by atoms with van der Waals surface area (Å²) in [7, 11) is 0. The van der Waals surface area contributed by atoms with E-state index in [4.69, 9.17) is 0 Å². The number of nitrogens with zero attached hydrogens (tertiary/aromatic N) is 1. The van der Waals surface area contributed by atoms with Crippen molar-refractivity contribution in [1.82, 2.24) is 10.2 Å². The van der Waals surface area contributed by atoms with Crippen molar-refractivity contribution in [3.05, 3.63) is 35.4 Å². The number of carbonyl (C=O) groups is 1.